The number of carbonyl (C=O) groups is 2. The van der Waals surface area contributed by atoms with Crippen LogP contribution >= 0.6 is 49.0 Å². The van der Waals surface area contributed by atoms with Crippen LogP contribution in [0.15, 0.2) is 95.0 Å². The summed E-state index contributed by atoms with van der Waals surface area (Å²) in [6.07, 6.45) is 7.11. The Bertz CT molecular complexity index is 1950. The Balaban J connectivity index is 0.00000209. The highest BCUT2D eigenvalue weighted by Gasteiger charge is 2.37. The Morgan fingerprint density at radius 3 is 2.19 bits per heavy atom. The van der Waals surface area contributed by atoms with Crippen molar-refractivity contribution in [3.63, 3.8) is 0 Å². The molecule has 0 saturated carbocycles. The number of H-pyrrole nitrogens is 2. The molecule has 14 heteroatoms. The van der Waals surface area contributed by atoms with Gasteiger partial charge in [0.05, 0.1) is 43.0 Å². The smallest absolute Gasteiger partial charge is 0.407 e. The molecule has 4 N–H and O–H groups in total. The van der Waals surface area contributed by atoms with E-state index < -0.39 is 12.1 Å². The number of amides is 2. The quantitative estimate of drug-likeness (QED) is 0.111. The number of halogens is 3. The number of rotatable bonds is 10. The third kappa shape index (κ3) is 9.39. The Morgan fingerprint density at radius 1 is 0.849 bits per heavy atom. The first-order valence-corrected chi connectivity index (χ1v) is 18.2. The maximum Gasteiger partial charge on any atom is 0.407 e. The molecular formula is C39H46Cl3N7O3S. The van der Waals surface area contributed by atoms with E-state index >= 15 is 0 Å². The van der Waals surface area contributed by atoms with Crippen LogP contribution in [0, 0.1) is 5.92 Å². The van der Waals surface area contributed by atoms with E-state index in [2.05, 4.69) is 92.3 Å². The fourth-order valence-electron chi connectivity index (χ4n) is 6.88. The van der Waals surface area contributed by atoms with Crippen LogP contribution < -0.4 is 10.6 Å². The Labute approximate surface area is 333 Å². The summed E-state index contributed by atoms with van der Waals surface area (Å²) < 4.78 is 4.78. The van der Waals surface area contributed by atoms with Crippen LogP contribution in [0.1, 0.15) is 63.3 Å². The van der Waals surface area contributed by atoms with Gasteiger partial charge in [-0.1, -0.05) is 80.2 Å². The molecule has 282 valence electrons. The van der Waals surface area contributed by atoms with E-state index in [0.717, 1.165) is 80.9 Å². The second kappa shape index (κ2) is 18.9. The zero-order valence-electron chi connectivity index (χ0n) is 29.8. The van der Waals surface area contributed by atoms with Gasteiger partial charge in [-0.25, -0.2) is 14.8 Å². The van der Waals surface area contributed by atoms with Crippen molar-refractivity contribution in [2.24, 2.45) is 5.92 Å². The molecule has 2 aliphatic rings. The molecule has 2 aliphatic heterocycles. The number of hydrogen-bond donors (Lipinski definition) is 4. The predicted molar refractivity (Wildman–Crippen MR) is 217 cm³/mol. The molecule has 2 unspecified atom stereocenters. The van der Waals surface area contributed by atoms with Gasteiger partial charge in [0.1, 0.15) is 17.7 Å². The Hall–Kier alpha value is -4.00. The minimum absolute atomic E-state index is 0. The van der Waals surface area contributed by atoms with E-state index in [0.29, 0.717) is 12.6 Å². The summed E-state index contributed by atoms with van der Waals surface area (Å²) in [5.74, 6) is 1.53. The molecule has 2 amide bonds. The number of alkyl carbamates (subject to hydrolysis) is 1. The molecule has 2 aromatic heterocycles. The Morgan fingerprint density at radius 2 is 1.51 bits per heavy atom. The van der Waals surface area contributed by atoms with Crippen molar-refractivity contribution in [1.82, 2.24) is 35.5 Å². The number of methoxy groups -OCH3 is 1. The van der Waals surface area contributed by atoms with Crippen molar-refractivity contribution in [3.05, 3.63) is 96.8 Å². The first-order chi connectivity index (χ1) is 24.4. The number of nitrogens with one attached hydrogen (secondary N) is 4. The number of likely N-dealkylation sites (tertiary alicyclic amines) is 1. The lowest BCUT2D eigenvalue weighted by atomic mass is 10.0. The average Bonchev–Trinajstić information content (AvgIpc) is 3.98. The number of aromatic nitrogens is 4. The van der Waals surface area contributed by atoms with Crippen molar-refractivity contribution < 1.29 is 14.3 Å². The van der Waals surface area contributed by atoms with Crippen molar-refractivity contribution >= 4 is 61.0 Å². The van der Waals surface area contributed by atoms with Gasteiger partial charge in [0.25, 0.3) is 0 Å². The molecule has 3 atom stereocenters. The zero-order valence-corrected chi connectivity index (χ0v) is 33.1. The second-order valence-electron chi connectivity index (χ2n) is 13.3. The Kier molecular flexibility index (Phi) is 14.8. The van der Waals surface area contributed by atoms with Crippen LogP contribution in [0.5, 0.6) is 0 Å². The average molecular weight is 799 g/mol. The van der Waals surface area contributed by atoms with E-state index in [1.807, 2.05) is 37.2 Å². The molecule has 53 heavy (non-hydrogen) atoms. The number of hydrogen-bond acceptors (Lipinski definition) is 7. The number of ether oxygens (including phenoxy) is 1. The summed E-state index contributed by atoms with van der Waals surface area (Å²) in [7, 11) is 1.30. The molecule has 0 radical (unpaired) electrons. The third-order valence-electron chi connectivity index (χ3n) is 9.59. The molecule has 3 aromatic carbocycles. The van der Waals surface area contributed by atoms with Gasteiger partial charge in [0.15, 0.2) is 0 Å². The standard InChI is InChI=1S/C39H43N7O3S.3ClH/c1-24(2)35(45-39(48)49-3)38(47)46-20-8-12-33(46)37-42-23-32(44-37)27-17-18-29(34(21-27)50-28-9-5-4-6-10-28)25-13-15-26(16-14-25)31-22-41-36(43-31)30-11-7-19-40-30;;;/h4-6,9-10,13-18,21-24,30,33,35,40H,7-8,11-12,19-20H2,1-3H3,(H,41,43)(H,42,44)(H,45,48);3*1H/t30?,33?,35-;;;/m0.../s1. The first kappa shape index (κ1) is 41.8. The van der Waals surface area contributed by atoms with Crippen LogP contribution in [0.3, 0.4) is 0 Å². The fourth-order valence-corrected chi connectivity index (χ4v) is 7.91. The van der Waals surface area contributed by atoms with Gasteiger partial charge in [-0.2, -0.15) is 0 Å². The van der Waals surface area contributed by atoms with Crippen molar-refractivity contribution in [1.29, 1.82) is 0 Å². The maximum atomic E-state index is 13.7. The minimum atomic E-state index is -0.678. The van der Waals surface area contributed by atoms with Crippen LogP contribution in [0.4, 0.5) is 4.79 Å². The largest absolute Gasteiger partial charge is 0.453 e. The van der Waals surface area contributed by atoms with Gasteiger partial charge in [-0.3, -0.25) is 4.79 Å². The molecule has 2 fully saturated rings. The highest BCUT2D eigenvalue weighted by atomic mass is 35.5. The van der Waals surface area contributed by atoms with Crippen LogP contribution in [-0.2, 0) is 9.53 Å². The molecular weight excluding hydrogens is 753 g/mol. The van der Waals surface area contributed by atoms with Crippen molar-refractivity contribution in [2.45, 2.75) is 67.4 Å². The summed E-state index contributed by atoms with van der Waals surface area (Å²) in [5, 5.41) is 6.23. The monoisotopic (exact) mass is 797 g/mol. The van der Waals surface area contributed by atoms with Crippen molar-refractivity contribution in [2.75, 3.05) is 20.2 Å². The predicted octanol–water partition coefficient (Wildman–Crippen LogP) is 9.02. The van der Waals surface area contributed by atoms with Gasteiger partial charge in [0, 0.05) is 21.9 Å². The van der Waals surface area contributed by atoms with Gasteiger partial charge in [0.2, 0.25) is 5.91 Å². The van der Waals surface area contributed by atoms with E-state index in [9.17, 15) is 9.59 Å². The summed E-state index contributed by atoms with van der Waals surface area (Å²) in [6.45, 7) is 5.48. The van der Waals surface area contributed by atoms with Gasteiger partial charge in [-0.05, 0) is 73.0 Å². The van der Waals surface area contributed by atoms with E-state index in [-0.39, 0.29) is 55.1 Å². The van der Waals surface area contributed by atoms with Crippen LogP contribution in [0.25, 0.3) is 33.6 Å². The molecule has 2 saturated heterocycles. The molecule has 7 rings (SSSR count). The molecule has 5 aromatic rings. The van der Waals surface area contributed by atoms with Gasteiger partial charge in [-0.15, -0.1) is 37.2 Å². The number of nitrogens with zero attached hydrogens (tertiary/aromatic N) is 3. The molecule has 10 nitrogen and oxygen atoms in total. The van der Waals surface area contributed by atoms with E-state index in [1.54, 1.807) is 11.8 Å². The third-order valence-corrected chi connectivity index (χ3v) is 10.7. The van der Waals surface area contributed by atoms with Crippen LogP contribution in [0.2, 0.25) is 0 Å². The number of carbonyl (C=O) groups excluding carboxylic acids is 2. The van der Waals surface area contributed by atoms with Crippen LogP contribution in [-0.4, -0.2) is 63.1 Å². The van der Waals surface area contributed by atoms with E-state index in [1.165, 1.54) is 13.5 Å². The maximum absolute atomic E-state index is 13.7. The molecule has 4 heterocycles. The topological polar surface area (TPSA) is 128 Å². The first-order valence-electron chi connectivity index (χ1n) is 17.3. The molecule has 0 aliphatic carbocycles. The lowest BCUT2D eigenvalue weighted by molar-refractivity contribution is -0.135. The molecule has 0 spiro atoms. The minimum Gasteiger partial charge on any atom is -0.453 e. The lowest BCUT2D eigenvalue weighted by Crippen LogP contribution is -2.51. The highest BCUT2D eigenvalue weighted by molar-refractivity contribution is 7.99. The lowest BCUT2D eigenvalue weighted by Gasteiger charge is -2.30. The fraction of sp³-hybridized carbons (Fsp3) is 0.333. The summed E-state index contributed by atoms with van der Waals surface area (Å²) in [6, 6.07) is 25.0. The number of imidazole rings is 2. The summed E-state index contributed by atoms with van der Waals surface area (Å²) >= 11 is 1.73. The highest BCUT2D eigenvalue weighted by Crippen LogP contribution is 2.40. The summed E-state index contributed by atoms with van der Waals surface area (Å²) in [4.78, 5) is 46.2. The normalized spacial score (nSPS) is 17.0. The number of benzene rings is 3. The van der Waals surface area contributed by atoms with E-state index in [4.69, 9.17) is 9.72 Å². The molecule has 0 bridgehead atoms. The summed E-state index contributed by atoms with van der Waals surface area (Å²) in [5.41, 5.74) is 6.28. The van der Waals surface area contributed by atoms with Gasteiger partial charge < -0.3 is 30.2 Å². The second-order valence-corrected chi connectivity index (χ2v) is 14.4. The SMILES string of the molecule is COC(=O)N[C@H](C(=O)N1CCCC1c1ncc(-c2ccc(-c3ccc(-c4cnc(C5CCCN5)[nH]4)cc3)c(Sc3ccccc3)c2)[nH]1)C(C)C.Cl.Cl.Cl. The van der Waals surface area contributed by atoms with Gasteiger partial charge >= 0.3 is 6.09 Å². The number of aromatic amines is 2. The van der Waals surface area contributed by atoms with Crippen molar-refractivity contribution in [3.8, 4) is 33.6 Å². The zero-order chi connectivity index (χ0) is 34.6.